The van der Waals surface area contributed by atoms with Crippen LogP contribution < -0.4 is 16.0 Å². The van der Waals surface area contributed by atoms with Gasteiger partial charge in [-0.3, -0.25) is 4.79 Å². The Morgan fingerprint density at radius 1 is 1.22 bits per heavy atom. The van der Waals surface area contributed by atoms with E-state index in [4.69, 9.17) is 4.98 Å². The molecule has 2 aromatic heterocycles. The molecule has 3 aromatic rings. The van der Waals surface area contributed by atoms with E-state index in [9.17, 15) is 4.79 Å². The van der Waals surface area contributed by atoms with Crippen molar-refractivity contribution in [3.63, 3.8) is 0 Å². The number of anilines is 1. The zero-order valence-electron chi connectivity index (χ0n) is 18.0. The topological polar surface area (TPSA) is 78.9 Å². The minimum atomic E-state index is 0.0142. The Hall–Kier alpha value is -2.03. The first-order valence-corrected chi connectivity index (χ1v) is 13.1. The zero-order chi connectivity index (χ0) is 21.9. The van der Waals surface area contributed by atoms with Gasteiger partial charge in [0.05, 0.1) is 9.35 Å². The summed E-state index contributed by atoms with van der Waals surface area (Å²) in [4.78, 5) is 22.9. The van der Waals surface area contributed by atoms with Gasteiger partial charge < -0.3 is 16.0 Å². The van der Waals surface area contributed by atoms with Crippen molar-refractivity contribution in [2.75, 3.05) is 25.0 Å². The highest BCUT2D eigenvalue weighted by atomic mass is 79.9. The summed E-state index contributed by atoms with van der Waals surface area (Å²) in [6, 6.07) is 8.34. The highest BCUT2D eigenvalue weighted by Crippen LogP contribution is 2.37. The largest absolute Gasteiger partial charge is 0.354 e. The Morgan fingerprint density at radius 3 is 2.88 bits per heavy atom. The van der Waals surface area contributed by atoms with Crippen LogP contribution in [0.4, 0.5) is 5.95 Å². The molecule has 3 heterocycles. The third-order valence-electron chi connectivity index (χ3n) is 6.23. The number of hydrogen-bond acceptors (Lipinski definition) is 6. The Labute approximate surface area is 200 Å². The van der Waals surface area contributed by atoms with E-state index in [2.05, 4.69) is 49.0 Å². The summed E-state index contributed by atoms with van der Waals surface area (Å²) in [5, 5.41) is 10.9. The van der Waals surface area contributed by atoms with E-state index < -0.39 is 0 Å². The van der Waals surface area contributed by atoms with Crippen LogP contribution in [-0.4, -0.2) is 41.6 Å². The highest BCUT2D eigenvalue weighted by Gasteiger charge is 2.25. The number of aromatic nitrogens is 2. The average Bonchev–Trinajstić information content (AvgIpc) is 3.52. The molecule has 0 bridgehead atoms. The average molecular weight is 514 g/mol. The molecule has 0 unspecified atom stereocenters. The van der Waals surface area contributed by atoms with Crippen molar-refractivity contribution in [2.45, 2.75) is 44.6 Å². The van der Waals surface area contributed by atoms with Crippen molar-refractivity contribution in [1.82, 2.24) is 20.6 Å². The van der Waals surface area contributed by atoms with E-state index in [1.165, 1.54) is 19.3 Å². The summed E-state index contributed by atoms with van der Waals surface area (Å²) < 4.78 is 1.94. The Morgan fingerprint density at radius 2 is 2.06 bits per heavy atom. The lowest BCUT2D eigenvalue weighted by Crippen LogP contribution is -2.27. The van der Waals surface area contributed by atoms with Gasteiger partial charge in [-0.15, -0.1) is 11.3 Å². The van der Waals surface area contributed by atoms with Crippen LogP contribution in [0.2, 0.25) is 0 Å². The fourth-order valence-electron chi connectivity index (χ4n) is 4.25. The maximum Gasteiger partial charge on any atom is 0.252 e. The lowest BCUT2D eigenvalue weighted by molar-refractivity contribution is 0.0953. The summed E-state index contributed by atoms with van der Waals surface area (Å²) >= 11 is 5.27. The van der Waals surface area contributed by atoms with E-state index in [1.54, 1.807) is 11.3 Å². The van der Waals surface area contributed by atoms with Gasteiger partial charge in [0.25, 0.3) is 5.91 Å². The number of rotatable bonds is 8. The van der Waals surface area contributed by atoms with E-state index in [1.807, 2.05) is 18.3 Å². The van der Waals surface area contributed by atoms with Crippen LogP contribution in [0.3, 0.4) is 0 Å². The molecule has 1 saturated heterocycles. The normalized spacial score (nSPS) is 16.9. The molecule has 6 nitrogen and oxygen atoms in total. The molecule has 0 spiro atoms. The minimum Gasteiger partial charge on any atom is -0.354 e. The third-order valence-corrected chi connectivity index (χ3v) is 7.91. The number of fused-ring (bicyclic) bond motifs is 1. The number of benzene rings is 1. The molecular weight excluding hydrogens is 486 g/mol. The predicted molar refractivity (Wildman–Crippen MR) is 134 cm³/mol. The standard InChI is InChI=1S/C24H28BrN5OS/c25-19-14-28-24(27-10-2-3-15-8-11-26-12-9-15)30-22(19)21-13-18-17(4-1-5-20(18)32-21)23(31)29-16-6-7-16/h1,4-5,13-16,26H,2-3,6-12H2,(H,29,31)(H,27,28,30). The van der Waals surface area contributed by atoms with Crippen molar-refractivity contribution >= 4 is 49.2 Å². The molecule has 5 rings (SSSR count). The van der Waals surface area contributed by atoms with Gasteiger partial charge in [0.15, 0.2) is 0 Å². The van der Waals surface area contributed by atoms with Gasteiger partial charge in [-0.1, -0.05) is 6.07 Å². The predicted octanol–water partition coefficient (Wildman–Crippen LogP) is 5.20. The van der Waals surface area contributed by atoms with E-state index >= 15 is 0 Å². The van der Waals surface area contributed by atoms with E-state index in [0.29, 0.717) is 12.0 Å². The second-order valence-corrected chi connectivity index (χ2v) is 10.7. The molecule has 0 atom stereocenters. The summed E-state index contributed by atoms with van der Waals surface area (Å²) in [6.45, 7) is 3.18. The van der Waals surface area contributed by atoms with Crippen LogP contribution in [-0.2, 0) is 0 Å². The molecule has 1 amide bonds. The van der Waals surface area contributed by atoms with Crippen LogP contribution in [0.1, 0.15) is 48.9 Å². The summed E-state index contributed by atoms with van der Waals surface area (Å²) in [6.07, 6.45) is 8.91. The first-order chi connectivity index (χ1) is 15.7. The number of halogens is 1. The van der Waals surface area contributed by atoms with Gasteiger partial charge in [0, 0.05) is 34.4 Å². The number of hydrogen-bond donors (Lipinski definition) is 3. The summed E-state index contributed by atoms with van der Waals surface area (Å²) in [5.41, 5.74) is 1.59. The number of amides is 1. The second kappa shape index (κ2) is 9.85. The maximum absolute atomic E-state index is 12.7. The molecule has 1 saturated carbocycles. The number of nitrogens with zero attached hydrogens (tertiary/aromatic N) is 2. The Balaban J connectivity index is 1.30. The van der Waals surface area contributed by atoms with Crippen LogP contribution in [0.25, 0.3) is 20.7 Å². The first kappa shape index (κ1) is 21.8. The highest BCUT2D eigenvalue weighted by molar-refractivity contribution is 9.10. The van der Waals surface area contributed by atoms with Gasteiger partial charge in [0.1, 0.15) is 5.69 Å². The summed E-state index contributed by atoms with van der Waals surface area (Å²) in [7, 11) is 0. The quantitative estimate of drug-likeness (QED) is 0.360. The van der Waals surface area contributed by atoms with Gasteiger partial charge in [-0.25, -0.2) is 9.97 Å². The number of carbonyl (C=O) groups is 1. The van der Waals surface area contributed by atoms with Gasteiger partial charge >= 0.3 is 0 Å². The molecule has 1 aliphatic heterocycles. The van der Waals surface area contributed by atoms with Crippen LogP contribution in [0.5, 0.6) is 0 Å². The number of thiophene rings is 1. The van der Waals surface area contributed by atoms with Gasteiger partial charge in [0.2, 0.25) is 5.95 Å². The fourth-order valence-corrected chi connectivity index (χ4v) is 5.88. The molecule has 1 aliphatic carbocycles. The molecule has 168 valence electrons. The summed E-state index contributed by atoms with van der Waals surface area (Å²) in [5.74, 6) is 1.50. The van der Waals surface area contributed by atoms with Gasteiger partial charge in [-0.2, -0.15) is 0 Å². The van der Waals surface area contributed by atoms with Crippen molar-refractivity contribution in [3.05, 3.63) is 40.5 Å². The molecule has 2 aliphatic rings. The van der Waals surface area contributed by atoms with Crippen LogP contribution in [0.15, 0.2) is 34.9 Å². The number of nitrogens with one attached hydrogen (secondary N) is 3. The monoisotopic (exact) mass is 513 g/mol. The SMILES string of the molecule is O=C(NC1CC1)c1cccc2sc(-c3nc(NCCCC4CCNCC4)ncc3Br)cc12. The van der Waals surface area contributed by atoms with Crippen LogP contribution in [0, 0.1) is 5.92 Å². The van der Waals surface area contributed by atoms with Crippen molar-refractivity contribution < 1.29 is 4.79 Å². The van der Waals surface area contributed by atoms with Crippen LogP contribution >= 0.6 is 27.3 Å². The molecule has 3 N–H and O–H groups in total. The van der Waals surface area contributed by atoms with Crippen molar-refractivity contribution in [2.24, 2.45) is 5.92 Å². The lowest BCUT2D eigenvalue weighted by atomic mass is 9.93. The molecule has 0 radical (unpaired) electrons. The maximum atomic E-state index is 12.7. The molecule has 8 heteroatoms. The molecule has 1 aromatic carbocycles. The first-order valence-electron chi connectivity index (χ1n) is 11.5. The van der Waals surface area contributed by atoms with Gasteiger partial charge in [-0.05, 0) is 91.7 Å². The number of piperidine rings is 1. The molecule has 2 fully saturated rings. The second-order valence-electron chi connectivity index (χ2n) is 8.73. The zero-order valence-corrected chi connectivity index (χ0v) is 20.4. The molecular formula is C24H28BrN5OS. The number of carbonyl (C=O) groups excluding carboxylic acids is 1. The van der Waals surface area contributed by atoms with E-state index in [-0.39, 0.29) is 5.91 Å². The minimum absolute atomic E-state index is 0.0142. The lowest BCUT2D eigenvalue weighted by Gasteiger charge is -2.22. The van der Waals surface area contributed by atoms with Crippen molar-refractivity contribution in [1.29, 1.82) is 0 Å². The Bertz CT molecular complexity index is 1110. The molecule has 32 heavy (non-hydrogen) atoms. The fraction of sp³-hybridized carbons (Fsp3) is 0.458. The smallest absolute Gasteiger partial charge is 0.252 e. The van der Waals surface area contributed by atoms with Crippen molar-refractivity contribution in [3.8, 4) is 10.6 Å². The van der Waals surface area contributed by atoms with E-state index in [0.717, 1.165) is 75.5 Å². The third kappa shape index (κ3) is 5.13. The Kier molecular flexibility index (Phi) is 6.71.